The molecule has 1 aliphatic carbocycles. The Bertz CT molecular complexity index is 648. The molecule has 22 heavy (non-hydrogen) atoms. The van der Waals surface area contributed by atoms with E-state index in [1.54, 1.807) is 28.6 Å². The molecule has 1 aromatic carbocycles. The van der Waals surface area contributed by atoms with Crippen molar-refractivity contribution >= 4 is 21.6 Å². The van der Waals surface area contributed by atoms with Gasteiger partial charge in [-0.15, -0.1) is 0 Å². The van der Waals surface area contributed by atoms with Crippen molar-refractivity contribution in [1.29, 1.82) is 0 Å². The Morgan fingerprint density at radius 1 is 1.14 bits per heavy atom. The van der Waals surface area contributed by atoms with Gasteiger partial charge in [0.2, 0.25) is 15.9 Å². The van der Waals surface area contributed by atoms with Gasteiger partial charge in [-0.2, -0.15) is 4.31 Å². The van der Waals surface area contributed by atoms with E-state index in [2.05, 4.69) is 12.2 Å². The number of sulfonamides is 1. The molecule has 2 atom stereocenters. The highest BCUT2D eigenvalue weighted by molar-refractivity contribution is 7.89. The van der Waals surface area contributed by atoms with Crippen molar-refractivity contribution in [2.24, 2.45) is 11.8 Å². The van der Waals surface area contributed by atoms with E-state index in [0.717, 1.165) is 25.7 Å². The van der Waals surface area contributed by atoms with Gasteiger partial charge in [0.1, 0.15) is 0 Å². The van der Waals surface area contributed by atoms with Crippen LogP contribution in [0, 0.1) is 11.8 Å². The number of anilines is 1. The van der Waals surface area contributed by atoms with E-state index in [-0.39, 0.29) is 11.8 Å². The summed E-state index contributed by atoms with van der Waals surface area (Å²) in [5.41, 5.74) is 0.654. The van der Waals surface area contributed by atoms with Crippen LogP contribution in [0.5, 0.6) is 0 Å². The summed E-state index contributed by atoms with van der Waals surface area (Å²) in [7, 11) is -3.40. The highest BCUT2D eigenvalue weighted by atomic mass is 32.2. The molecule has 120 valence electrons. The molecule has 2 fully saturated rings. The smallest absolute Gasteiger partial charge is 0.243 e. The van der Waals surface area contributed by atoms with Crippen LogP contribution in [0.25, 0.3) is 0 Å². The third-order valence-corrected chi connectivity index (χ3v) is 6.43. The molecule has 1 aliphatic heterocycles. The molecule has 0 aromatic heterocycles. The SMILES string of the molecule is C[C@@H]1C[C@H]1C(=O)Nc1ccc(S(=O)(=O)N2CCCCC2)cc1. The van der Waals surface area contributed by atoms with Crippen molar-refractivity contribution in [2.45, 2.75) is 37.5 Å². The highest BCUT2D eigenvalue weighted by Crippen LogP contribution is 2.38. The summed E-state index contributed by atoms with van der Waals surface area (Å²) in [5, 5.41) is 2.85. The van der Waals surface area contributed by atoms with E-state index < -0.39 is 10.0 Å². The lowest BCUT2D eigenvalue weighted by molar-refractivity contribution is -0.117. The summed E-state index contributed by atoms with van der Waals surface area (Å²) >= 11 is 0. The molecule has 1 aromatic rings. The number of hydrogen-bond donors (Lipinski definition) is 1. The van der Waals surface area contributed by atoms with Crippen LogP contribution in [0.1, 0.15) is 32.6 Å². The zero-order valence-corrected chi connectivity index (χ0v) is 13.6. The van der Waals surface area contributed by atoms with Gasteiger partial charge in [0, 0.05) is 24.7 Å². The highest BCUT2D eigenvalue weighted by Gasteiger charge is 2.39. The monoisotopic (exact) mass is 322 g/mol. The van der Waals surface area contributed by atoms with Gasteiger partial charge in [-0.1, -0.05) is 13.3 Å². The van der Waals surface area contributed by atoms with Gasteiger partial charge >= 0.3 is 0 Å². The van der Waals surface area contributed by atoms with Crippen LogP contribution in [0.4, 0.5) is 5.69 Å². The maximum Gasteiger partial charge on any atom is 0.243 e. The lowest BCUT2D eigenvalue weighted by Gasteiger charge is -2.25. The maximum absolute atomic E-state index is 12.5. The normalized spacial score (nSPS) is 25.7. The van der Waals surface area contributed by atoms with E-state index in [0.29, 0.717) is 29.6 Å². The van der Waals surface area contributed by atoms with Gasteiger partial charge in [-0.3, -0.25) is 4.79 Å². The topological polar surface area (TPSA) is 66.5 Å². The van der Waals surface area contributed by atoms with Gasteiger partial charge in [-0.25, -0.2) is 8.42 Å². The largest absolute Gasteiger partial charge is 0.326 e. The number of carbonyl (C=O) groups excluding carboxylic acids is 1. The number of carbonyl (C=O) groups is 1. The van der Waals surface area contributed by atoms with Crippen molar-refractivity contribution in [3.63, 3.8) is 0 Å². The first-order valence-electron chi connectivity index (χ1n) is 7.89. The lowest BCUT2D eigenvalue weighted by atomic mass is 10.2. The van der Waals surface area contributed by atoms with E-state index in [9.17, 15) is 13.2 Å². The molecular formula is C16H22N2O3S. The molecule has 1 heterocycles. The fraction of sp³-hybridized carbons (Fsp3) is 0.562. The van der Waals surface area contributed by atoms with E-state index >= 15 is 0 Å². The Kier molecular flexibility index (Phi) is 4.23. The van der Waals surface area contributed by atoms with Crippen LogP contribution in [-0.4, -0.2) is 31.7 Å². The van der Waals surface area contributed by atoms with Gasteiger partial charge in [0.25, 0.3) is 0 Å². The zero-order chi connectivity index (χ0) is 15.7. The number of nitrogens with zero attached hydrogens (tertiary/aromatic N) is 1. The second-order valence-electron chi connectivity index (χ2n) is 6.30. The molecule has 0 spiro atoms. The molecule has 0 radical (unpaired) electrons. The Hall–Kier alpha value is -1.40. The molecule has 5 nitrogen and oxygen atoms in total. The van der Waals surface area contributed by atoms with Crippen molar-refractivity contribution in [2.75, 3.05) is 18.4 Å². The van der Waals surface area contributed by atoms with Crippen molar-refractivity contribution in [3.05, 3.63) is 24.3 Å². The number of benzene rings is 1. The number of rotatable bonds is 4. The molecule has 1 N–H and O–H groups in total. The quantitative estimate of drug-likeness (QED) is 0.926. The maximum atomic E-state index is 12.5. The molecule has 3 rings (SSSR count). The van der Waals surface area contributed by atoms with E-state index in [4.69, 9.17) is 0 Å². The Balaban J connectivity index is 1.69. The third kappa shape index (κ3) is 3.17. The minimum absolute atomic E-state index is 0.0270. The second-order valence-corrected chi connectivity index (χ2v) is 8.24. The lowest BCUT2D eigenvalue weighted by Crippen LogP contribution is -2.35. The predicted molar refractivity (Wildman–Crippen MR) is 85.0 cm³/mol. The number of nitrogens with one attached hydrogen (secondary N) is 1. The van der Waals surface area contributed by atoms with Crippen LogP contribution in [-0.2, 0) is 14.8 Å². The molecule has 1 saturated carbocycles. The van der Waals surface area contributed by atoms with Crippen LogP contribution in [0.2, 0.25) is 0 Å². The predicted octanol–water partition coefficient (Wildman–Crippen LogP) is 2.46. The summed E-state index contributed by atoms with van der Waals surface area (Å²) in [6, 6.07) is 6.50. The first-order valence-corrected chi connectivity index (χ1v) is 9.33. The zero-order valence-electron chi connectivity index (χ0n) is 12.8. The molecule has 0 unspecified atom stereocenters. The summed E-state index contributed by atoms with van der Waals surface area (Å²) in [6.07, 6.45) is 3.88. The minimum Gasteiger partial charge on any atom is -0.326 e. The molecular weight excluding hydrogens is 300 g/mol. The van der Waals surface area contributed by atoms with Crippen LogP contribution in [0.15, 0.2) is 29.2 Å². The van der Waals surface area contributed by atoms with Gasteiger partial charge in [0.05, 0.1) is 4.90 Å². The second kappa shape index (κ2) is 6.01. The van der Waals surface area contributed by atoms with Gasteiger partial charge in [-0.05, 0) is 49.4 Å². The fourth-order valence-electron chi connectivity index (χ4n) is 2.89. The average Bonchev–Trinajstić information content (AvgIpc) is 3.26. The van der Waals surface area contributed by atoms with Crippen LogP contribution >= 0.6 is 0 Å². The standard InChI is InChI=1S/C16H22N2O3S/c1-12-11-15(12)16(19)17-13-5-7-14(8-6-13)22(20,21)18-9-3-2-4-10-18/h5-8,12,15H,2-4,9-11H2,1H3,(H,17,19)/t12-,15-/m1/s1. The molecule has 2 aliphatic rings. The first kappa shape index (κ1) is 15.5. The summed E-state index contributed by atoms with van der Waals surface area (Å²) in [6.45, 7) is 3.25. The summed E-state index contributed by atoms with van der Waals surface area (Å²) in [5.74, 6) is 0.592. The number of piperidine rings is 1. The summed E-state index contributed by atoms with van der Waals surface area (Å²) < 4.78 is 26.6. The van der Waals surface area contributed by atoms with Crippen LogP contribution in [0.3, 0.4) is 0 Å². The van der Waals surface area contributed by atoms with Gasteiger partial charge in [0.15, 0.2) is 0 Å². The van der Waals surface area contributed by atoms with Crippen molar-refractivity contribution in [3.8, 4) is 0 Å². The average molecular weight is 322 g/mol. The van der Waals surface area contributed by atoms with Crippen molar-refractivity contribution in [1.82, 2.24) is 4.31 Å². The number of hydrogen-bond acceptors (Lipinski definition) is 3. The van der Waals surface area contributed by atoms with Crippen LogP contribution < -0.4 is 5.32 Å². The Morgan fingerprint density at radius 3 is 2.27 bits per heavy atom. The van der Waals surface area contributed by atoms with Crippen molar-refractivity contribution < 1.29 is 13.2 Å². The minimum atomic E-state index is -3.40. The summed E-state index contributed by atoms with van der Waals surface area (Å²) in [4.78, 5) is 12.2. The van der Waals surface area contributed by atoms with E-state index in [1.807, 2.05) is 0 Å². The van der Waals surface area contributed by atoms with E-state index in [1.165, 1.54) is 0 Å². The molecule has 1 amide bonds. The fourth-order valence-corrected chi connectivity index (χ4v) is 4.40. The Labute approximate surface area is 131 Å². The first-order chi connectivity index (χ1) is 10.5. The Morgan fingerprint density at radius 2 is 1.73 bits per heavy atom. The molecule has 1 saturated heterocycles. The molecule has 6 heteroatoms. The number of amides is 1. The third-order valence-electron chi connectivity index (χ3n) is 4.52. The van der Waals surface area contributed by atoms with Gasteiger partial charge < -0.3 is 5.32 Å². The molecule has 0 bridgehead atoms.